The van der Waals surface area contributed by atoms with E-state index in [-0.39, 0.29) is 22.9 Å². The minimum atomic E-state index is -3.61. The number of carbonyl (C=O) groups excluding carboxylic acids is 1. The molecule has 0 saturated carbocycles. The van der Waals surface area contributed by atoms with Crippen LogP contribution in [-0.4, -0.2) is 44.4 Å². The number of rotatable bonds is 5. The molecule has 0 bridgehead atoms. The van der Waals surface area contributed by atoms with Crippen LogP contribution in [-0.2, 0) is 10.0 Å². The number of hydrogen-bond donors (Lipinski definition) is 2. The summed E-state index contributed by atoms with van der Waals surface area (Å²) < 4.78 is 27.0. The summed E-state index contributed by atoms with van der Waals surface area (Å²) in [5.74, 6) is -0.151. The van der Waals surface area contributed by atoms with Crippen LogP contribution < -0.4 is 10.5 Å². The predicted molar refractivity (Wildman–Crippen MR) is 89.6 cm³/mol. The van der Waals surface area contributed by atoms with Crippen LogP contribution in [0.15, 0.2) is 29.2 Å². The van der Waals surface area contributed by atoms with Gasteiger partial charge in [-0.3, -0.25) is 4.79 Å². The molecule has 1 amide bonds. The fourth-order valence-electron chi connectivity index (χ4n) is 2.85. The Bertz CT molecular complexity index is 658. The lowest BCUT2D eigenvalue weighted by molar-refractivity contribution is 0.0623. The van der Waals surface area contributed by atoms with Gasteiger partial charge in [0.05, 0.1) is 4.90 Å². The molecule has 1 fully saturated rings. The van der Waals surface area contributed by atoms with Gasteiger partial charge in [-0.2, -0.15) is 0 Å². The number of amides is 1. The zero-order valence-corrected chi connectivity index (χ0v) is 14.5. The summed E-state index contributed by atoms with van der Waals surface area (Å²) in [4.78, 5) is 14.6. The summed E-state index contributed by atoms with van der Waals surface area (Å²) in [5.41, 5.74) is 6.15. The third-order valence-corrected chi connectivity index (χ3v) is 5.60. The van der Waals surface area contributed by atoms with Crippen molar-refractivity contribution in [2.75, 3.05) is 13.1 Å². The Hall–Kier alpha value is -1.44. The molecule has 1 aliphatic rings. The fraction of sp³-hybridized carbons (Fsp3) is 0.562. The molecule has 2 rings (SSSR count). The van der Waals surface area contributed by atoms with Crippen molar-refractivity contribution in [1.29, 1.82) is 0 Å². The van der Waals surface area contributed by atoms with Gasteiger partial charge in [0.2, 0.25) is 10.0 Å². The topological polar surface area (TPSA) is 92.5 Å². The Morgan fingerprint density at radius 2 is 2.13 bits per heavy atom. The van der Waals surface area contributed by atoms with Crippen LogP contribution in [0.4, 0.5) is 0 Å². The number of sulfonamides is 1. The van der Waals surface area contributed by atoms with Crippen molar-refractivity contribution in [3.63, 3.8) is 0 Å². The summed E-state index contributed by atoms with van der Waals surface area (Å²) in [5, 5.41) is 0. The second kappa shape index (κ2) is 7.42. The summed E-state index contributed by atoms with van der Waals surface area (Å²) in [6.07, 6.45) is 2.92. The lowest BCUT2D eigenvalue weighted by Gasteiger charge is -2.35. The first-order chi connectivity index (χ1) is 10.8. The van der Waals surface area contributed by atoms with Crippen molar-refractivity contribution in [2.24, 2.45) is 5.73 Å². The summed E-state index contributed by atoms with van der Waals surface area (Å²) >= 11 is 0. The van der Waals surface area contributed by atoms with Gasteiger partial charge in [-0.1, -0.05) is 6.07 Å². The van der Waals surface area contributed by atoms with E-state index in [2.05, 4.69) is 4.72 Å². The van der Waals surface area contributed by atoms with Gasteiger partial charge >= 0.3 is 0 Å². The van der Waals surface area contributed by atoms with Gasteiger partial charge in [0.15, 0.2) is 0 Å². The summed E-state index contributed by atoms with van der Waals surface area (Å²) in [7, 11) is -3.61. The van der Waals surface area contributed by atoms with E-state index in [9.17, 15) is 13.2 Å². The molecule has 0 aromatic heterocycles. The van der Waals surface area contributed by atoms with Crippen LogP contribution in [0, 0.1) is 0 Å². The Balaban J connectivity index is 2.27. The van der Waals surface area contributed by atoms with E-state index in [1.807, 2.05) is 0 Å². The van der Waals surface area contributed by atoms with E-state index in [4.69, 9.17) is 5.73 Å². The maximum Gasteiger partial charge on any atom is 0.254 e. The summed E-state index contributed by atoms with van der Waals surface area (Å²) in [6, 6.07) is 6.02. The second-order valence-corrected chi connectivity index (χ2v) is 7.90. The number of likely N-dealkylation sites (tertiary alicyclic amines) is 1. The normalized spacial score (nSPS) is 19.1. The van der Waals surface area contributed by atoms with E-state index >= 15 is 0 Å². The molecule has 3 N–H and O–H groups in total. The summed E-state index contributed by atoms with van der Waals surface area (Å²) in [6.45, 7) is 4.61. The average Bonchev–Trinajstić information content (AvgIpc) is 2.53. The largest absolute Gasteiger partial charge is 0.334 e. The number of nitrogens with one attached hydrogen (secondary N) is 1. The Morgan fingerprint density at radius 1 is 1.39 bits per heavy atom. The van der Waals surface area contributed by atoms with Gasteiger partial charge in [0.25, 0.3) is 5.91 Å². The molecular formula is C16H25N3O3S. The number of nitrogens with two attached hydrogens (primary N) is 1. The number of carbonyl (C=O) groups is 1. The maximum absolute atomic E-state index is 12.7. The van der Waals surface area contributed by atoms with Crippen molar-refractivity contribution in [3.8, 4) is 0 Å². The lowest BCUT2D eigenvalue weighted by atomic mass is 10.0. The predicted octanol–water partition coefficient (Wildman–Crippen LogP) is 1.33. The van der Waals surface area contributed by atoms with E-state index < -0.39 is 10.0 Å². The quantitative estimate of drug-likeness (QED) is 0.846. The molecule has 1 aliphatic heterocycles. The lowest BCUT2D eigenvalue weighted by Crippen LogP contribution is -2.47. The Labute approximate surface area is 138 Å². The van der Waals surface area contributed by atoms with Gasteiger partial charge in [-0.05, 0) is 51.3 Å². The van der Waals surface area contributed by atoms with E-state index in [1.165, 1.54) is 12.1 Å². The standard InChI is InChI=1S/C16H25N3O3S/c1-12(2)18-23(21,22)15-8-5-6-13(10-15)16(20)19-9-4-3-7-14(19)11-17/h5-6,8,10,12,14,18H,3-4,7,9,11,17H2,1-2H3. The molecule has 1 aromatic carbocycles. The van der Waals surface area contributed by atoms with Crippen LogP contribution in [0.25, 0.3) is 0 Å². The number of benzene rings is 1. The molecule has 0 spiro atoms. The molecule has 23 heavy (non-hydrogen) atoms. The highest BCUT2D eigenvalue weighted by atomic mass is 32.2. The SMILES string of the molecule is CC(C)NS(=O)(=O)c1cccc(C(=O)N2CCCCC2CN)c1. The molecule has 6 nitrogen and oxygen atoms in total. The van der Waals surface area contributed by atoms with Gasteiger partial charge < -0.3 is 10.6 Å². The van der Waals surface area contributed by atoms with Crippen molar-refractivity contribution in [2.45, 2.75) is 50.1 Å². The van der Waals surface area contributed by atoms with Crippen LogP contribution in [0.2, 0.25) is 0 Å². The van der Waals surface area contributed by atoms with Crippen LogP contribution >= 0.6 is 0 Å². The molecule has 0 radical (unpaired) electrons. The number of nitrogens with zero attached hydrogens (tertiary/aromatic N) is 1. The Morgan fingerprint density at radius 3 is 2.78 bits per heavy atom. The number of piperidine rings is 1. The molecule has 128 valence electrons. The Kier molecular flexibility index (Phi) is 5.78. The smallest absolute Gasteiger partial charge is 0.254 e. The molecule has 7 heteroatoms. The van der Waals surface area contributed by atoms with Gasteiger partial charge in [-0.15, -0.1) is 0 Å². The molecule has 1 aromatic rings. The molecule has 1 saturated heterocycles. The van der Waals surface area contributed by atoms with E-state index in [0.29, 0.717) is 18.7 Å². The molecule has 1 atom stereocenters. The third kappa shape index (κ3) is 4.31. The zero-order valence-electron chi connectivity index (χ0n) is 13.7. The van der Waals surface area contributed by atoms with Crippen LogP contribution in [0.5, 0.6) is 0 Å². The van der Waals surface area contributed by atoms with Crippen molar-refractivity contribution < 1.29 is 13.2 Å². The average molecular weight is 339 g/mol. The monoisotopic (exact) mass is 339 g/mol. The molecular weight excluding hydrogens is 314 g/mol. The minimum absolute atomic E-state index is 0.0327. The van der Waals surface area contributed by atoms with Crippen molar-refractivity contribution >= 4 is 15.9 Å². The van der Waals surface area contributed by atoms with Gasteiger partial charge in [0, 0.05) is 30.7 Å². The van der Waals surface area contributed by atoms with Crippen LogP contribution in [0.1, 0.15) is 43.5 Å². The zero-order chi connectivity index (χ0) is 17.0. The second-order valence-electron chi connectivity index (χ2n) is 6.19. The maximum atomic E-state index is 12.7. The first kappa shape index (κ1) is 17.9. The molecule has 0 aliphatic carbocycles. The van der Waals surface area contributed by atoms with Crippen molar-refractivity contribution in [1.82, 2.24) is 9.62 Å². The highest BCUT2D eigenvalue weighted by Gasteiger charge is 2.27. The van der Waals surface area contributed by atoms with E-state index in [1.54, 1.807) is 30.9 Å². The van der Waals surface area contributed by atoms with Gasteiger partial charge in [-0.25, -0.2) is 13.1 Å². The number of hydrogen-bond acceptors (Lipinski definition) is 4. The fourth-order valence-corrected chi connectivity index (χ4v) is 4.15. The third-order valence-electron chi connectivity index (χ3n) is 3.94. The molecule has 1 heterocycles. The first-order valence-electron chi connectivity index (χ1n) is 7.98. The van der Waals surface area contributed by atoms with Gasteiger partial charge in [0.1, 0.15) is 0 Å². The highest BCUT2D eigenvalue weighted by molar-refractivity contribution is 7.89. The molecule has 1 unspecified atom stereocenters. The van der Waals surface area contributed by atoms with Crippen LogP contribution in [0.3, 0.4) is 0 Å². The van der Waals surface area contributed by atoms with Crippen molar-refractivity contribution in [3.05, 3.63) is 29.8 Å². The highest BCUT2D eigenvalue weighted by Crippen LogP contribution is 2.20. The van der Waals surface area contributed by atoms with E-state index in [0.717, 1.165) is 19.3 Å². The first-order valence-corrected chi connectivity index (χ1v) is 9.47. The minimum Gasteiger partial charge on any atom is -0.334 e.